The summed E-state index contributed by atoms with van der Waals surface area (Å²) >= 11 is 5.05. The zero-order valence-electron chi connectivity index (χ0n) is 10.3. The number of thiophene rings is 1. The molecule has 1 unspecified atom stereocenters. The second kappa shape index (κ2) is 5.43. The summed E-state index contributed by atoms with van der Waals surface area (Å²) in [7, 11) is 0. The molecule has 1 fully saturated rings. The van der Waals surface area contributed by atoms with Gasteiger partial charge in [-0.3, -0.25) is 4.79 Å². The number of carbonyl (C=O) groups excluding carboxylic acids is 1. The van der Waals surface area contributed by atoms with Crippen LogP contribution in [0.5, 0.6) is 0 Å². The van der Waals surface area contributed by atoms with E-state index in [1.54, 1.807) is 23.6 Å². The largest absolute Gasteiger partial charge is 0.329 e. The minimum atomic E-state index is 0.0309. The van der Waals surface area contributed by atoms with Crippen LogP contribution in [-0.2, 0) is 0 Å². The second-order valence-electron chi connectivity index (χ2n) is 4.53. The topological polar surface area (TPSA) is 33.2 Å². The van der Waals surface area contributed by atoms with E-state index in [1.807, 2.05) is 17.0 Å². The number of halogens is 1. The maximum atomic E-state index is 12.5. The van der Waals surface area contributed by atoms with Crippen molar-refractivity contribution in [1.82, 2.24) is 9.88 Å². The molecule has 98 valence electrons. The first-order valence-electron chi connectivity index (χ1n) is 6.21. The standard InChI is InChI=1S/C14H13BrN2OS/c15-10-5-6-11(16-9-10)14(18)17-7-1-3-12(17)13-4-2-8-19-13/h2,4-6,8-9,12H,1,3,7H2. The molecule has 0 spiro atoms. The third kappa shape index (κ3) is 2.58. The number of carbonyl (C=O) groups is 1. The Morgan fingerprint density at radius 3 is 3.00 bits per heavy atom. The predicted octanol–water partition coefficient (Wildman–Crippen LogP) is 3.88. The average Bonchev–Trinajstić information content (AvgIpc) is 3.09. The first-order valence-corrected chi connectivity index (χ1v) is 7.89. The molecule has 0 bridgehead atoms. The fourth-order valence-electron chi connectivity index (χ4n) is 2.44. The highest BCUT2D eigenvalue weighted by molar-refractivity contribution is 9.10. The van der Waals surface area contributed by atoms with E-state index in [0.717, 1.165) is 23.9 Å². The number of amides is 1. The molecule has 1 aliphatic rings. The van der Waals surface area contributed by atoms with Gasteiger partial charge in [-0.25, -0.2) is 4.98 Å². The molecule has 1 saturated heterocycles. The van der Waals surface area contributed by atoms with Crippen molar-refractivity contribution in [3.8, 4) is 0 Å². The predicted molar refractivity (Wildman–Crippen MR) is 79.3 cm³/mol. The quantitative estimate of drug-likeness (QED) is 0.833. The molecule has 2 aromatic rings. The molecule has 0 aromatic carbocycles. The molecule has 0 saturated carbocycles. The van der Waals surface area contributed by atoms with Crippen LogP contribution in [0, 0.1) is 0 Å². The summed E-state index contributed by atoms with van der Waals surface area (Å²) in [6.07, 6.45) is 3.77. The Labute approximate surface area is 124 Å². The molecule has 5 heteroatoms. The van der Waals surface area contributed by atoms with Crippen LogP contribution in [0.2, 0.25) is 0 Å². The van der Waals surface area contributed by atoms with Gasteiger partial charge in [0.25, 0.3) is 5.91 Å². The van der Waals surface area contributed by atoms with E-state index < -0.39 is 0 Å². The van der Waals surface area contributed by atoms with Gasteiger partial charge in [-0.2, -0.15) is 0 Å². The van der Waals surface area contributed by atoms with Crippen molar-refractivity contribution in [2.45, 2.75) is 18.9 Å². The molecule has 1 atom stereocenters. The lowest BCUT2D eigenvalue weighted by Crippen LogP contribution is -2.30. The lowest BCUT2D eigenvalue weighted by molar-refractivity contribution is 0.0732. The smallest absolute Gasteiger partial charge is 0.272 e. The van der Waals surface area contributed by atoms with E-state index in [9.17, 15) is 4.79 Å². The van der Waals surface area contributed by atoms with Crippen molar-refractivity contribution in [3.63, 3.8) is 0 Å². The summed E-state index contributed by atoms with van der Waals surface area (Å²) in [4.78, 5) is 19.9. The lowest BCUT2D eigenvalue weighted by atomic mass is 10.2. The zero-order valence-corrected chi connectivity index (χ0v) is 12.7. The van der Waals surface area contributed by atoms with Gasteiger partial charge in [-0.15, -0.1) is 11.3 Å². The molecule has 1 amide bonds. The molecule has 0 N–H and O–H groups in total. The maximum Gasteiger partial charge on any atom is 0.272 e. The first-order chi connectivity index (χ1) is 9.25. The molecule has 3 rings (SSSR count). The van der Waals surface area contributed by atoms with E-state index in [4.69, 9.17) is 0 Å². The second-order valence-corrected chi connectivity index (χ2v) is 6.43. The van der Waals surface area contributed by atoms with E-state index in [-0.39, 0.29) is 11.9 Å². The highest BCUT2D eigenvalue weighted by Crippen LogP contribution is 2.35. The number of aromatic nitrogens is 1. The van der Waals surface area contributed by atoms with Crippen molar-refractivity contribution in [1.29, 1.82) is 0 Å². The Morgan fingerprint density at radius 1 is 1.42 bits per heavy atom. The Kier molecular flexibility index (Phi) is 3.66. The van der Waals surface area contributed by atoms with Gasteiger partial charge in [-0.1, -0.05) is 6.07 Å². The normalized spacial score (nSPS) is 18.8. The molecule has 0 radical (unpaired) electrons. The van der Waals surface area contributed by atoms with Gasteiger partial charge < -0.3 is 4.90 Å². The maximum absolute atomic E-state index is 12.5. The van der Waals surface area contributed by atoms with Crippen LogP contribution in [0.25, 0.3) is 0 Å². The van der Waals surface area contributed by atoms with Crippen LogP contribution in [-0.4, -0.2) is 22.3 Å². The summed E-state index contributed by atoms with van der Waals surface area (Å²) in [5.41, 5.74) is 0.520. The number of hydrogen-bond acceptors (Lipinski definition) is 3. The van der Waals surface area contributed by atoms with E-state index in [0.29, 0.717) is 5.69 Å². The number of pyridine rings is 1. The van der Waals surface area contributed by atoms with Gasteiger partial charge in [0, 0.05) is 22.1 Å². The van der Waals surface area contributed by atoms with Crippen LogP contribution >= 0.6 is 27.3 Å². The van der Waals surface area contributed by atoms with E-state index in [1.165, 1.54) is 4.88 Å². The van der Waals surface area contributed by atoms with Gasteiger partial charge in [-0.05, 0) is 52.4 Å². The molecular weight excluding hydrogens is 324 g/mol. The van der Waals surface area contributed by atoms with Crippen molar-refractivity contribution < 1.29 is 4.79 Å². The van der Waals surface area contributed by atoms with Gasteiger partial charge in [0.15, 0.2) is 0 Å². The van der Waals surface area contributed by atoms with Gasteiger partial charge >= 0.3 is 0 Å². The molecule has 0 aliphatic carbocycles. The van der Waals surface area contributed by atoms with Gasteiger partial charge in [0.1, 0.15) is 5.69 Å². The number of hydrogen-bond donors (Lipinski definition) is 0. The third-order valence-corrected chi connectivity index (χ3v) is 4.77. The summed E-state index contributed by atoms with van der Waals surface area (Å²) in [6, 6.07) is 8.00. The van der Waals surface area contributed by atoms with Gasteiger partial charge in [0.2, 0.25) is 0 Å². The Balaban J connectivity index is 1.84. The molecular formula is C14H13BrN2OS. The zero-order chi connectivity index (χ0) is 13.2. The monoisotopic (exact) mass is 336 g/mol. The fraction of sp³-hybridized carbons (Fsp3) is 0.286. The first kappa shape index (κ1) is 12.8. The minimum absolute atomic E-state index is 0.0309. The third-order valence-electron chi connectivity index (χ3n) is 3.33. The van der Waals surface area contributed by atoms with Crippen LogP contribution < -0.4 is 0 Å². The fourth-order valence-corrected chi connectivity index (χ4v) is 3.54. The summed E-state index contributed by atoms with van der Waals surface area (Å²) in [5, 5.41) is 2.06. The van der Waals surface area contributed by atoms with Crippen molar-refractivity contribution in [2.24, 2.45) is 0 Å². The Bertz CT molecular complexity index is 568. The summed E-state index contributed by atoms with van der Waals surface area (Å²) < 4.78 is 0.889. The highest BCUT2D eigenvalue weighted by Gasteiger charge is 2.31. The molecule has 3 nitrogen and oxygen atoms in total. The number of rotatable bonds is 2. The van der Waals surface area contributed by atoms with Crippen LogP contribution in [0.15, 0.2) is 40.3 Å². The Hall–Kier alpha value is -1.20. The molecule has 1 aliphatic heterocycles. The summed E-state index contributed by atoms with van der Waals surface area (Å²) in [6.45, 7) is 0.819. The van der Waals surface area contributed by atoms with Crippen molar-refractivity contribution >= 4 is 33.2 Å². The van der Waals surface area contributed by atoms with Crippen LogP contribution in [0.4, 0.5) is 0 Å². The van der Waals surface area contributed by atoms with Gasteiger partial charge in [0.05, 0.1) is 6.04 Å². The number of likely N-dealkylation sites (tertiary alicyclic amines) is 1. The number of nitrogens with zero attached hydrogens (tertiary/aromatic N) is 2. The molecule has 19 heavy (non-hydrogen) atoms. The highest BCUT2D eigenvalue weighted by atomic mass is 79.9. The minimum Gasteiger partial charge on any atom is -0.329 e. The Morgan fingerprint density at radius 2 is 2.32 bits per heavy atom. The molecule has 3 heterocycles. The van der Waals surface area contributed by atoms with Crippen molar-refractivity contribution in [2.75, 3.05) is 6.54 Å². The summed E-state index contributed by atoms with van der Waals surface area (Å²) in [5.74, 6) is 0.0309. The van der Waals surface area contributed by atoms with Crippen molar-refractivity contribution in [3.05, 3.63) is 50.9 Å². The SMILES string of the molecule is O=C(c1ccc(Br)cn1)N1CCCC1c1cccs1. The van der Waals surface area contributed by atoms with E-state index >= 15 is 0 Å². The van der Waals surface area contributed by atoms with Crippen LogP contribution in [0.3, 0.4) is 0 Å². The van der Waals surface area contributed by atoms with E-state index in [2.05, 4.69) is 32.4 Å². The lowest BCUT2D eigenvalue weighted by Gasteiger charge is -2.23. The average molecular weight is 337 g/mol. The molecule has 2 aromatic heterocycles. The van der Waals surface area contributed by atoms with Crippen LogP contribution in [0.1, 0.15) is 34.2 Å².